The molecule has 11 unspecified atom stereocenters. The number of carbonyl (C=O) groups excluding carboxylic acids is 2. The summed E-state index contributed by atoms with van der Waals surface area (Å²) >= 11 is 0. The number of epoxide rings is 1. The number of hydrogen-bond acceptors (Lipinski definition) is 11. The van der Waals surface area contributed by atoms with Crippen LogP contribution in [0.4, 0.5) is 8.78 Å². The zero-order valence-corrected chi connectivity index (χ0v) is 29.0. The molecule has 1 saturated carbocycles. The molecule has 14 heteroatoms. The quantitative estimate of drug-likeness (QED) is 0.165. The molecule has 5 rings (SSSR count). The van der Waals surface area contributed by atoms with E-state index in [1.807, 2.05) is 47.3 Å². The number of alkyl halides is 2. The van der Waals surface area contributed by atoms with E-state index in [4.69, 9.17) is 37.9 Å². The average Bonchev–Trinajstić information content (AvgIpc) is 3.36. The molecule has 1 N–H and O–H groups in total. The van der Waals surface area contributed by atoms with Crippen LogP contribution in [0.3, 0.4) is 0 Å². The molecule has 1 aliphatic carbocycles. The summed E-state index contributed by atoms with van der Waals surface area (Å²) in [4.78, 5) is 26.0. The Morgan fingerprint density at radius 1 is 0.911 bits per heavy atom. The third kappa shape index (κ3) is 6.85. The van der Waals surface area contributed by atoms with E-state index in [1.165, 1.54) is 0 Å². The zero-order valence-electron chi connectivity index (χ0n) is 28.0. The minimum absolute atomic E-state index is 0.0892. The zero-order chi connectivity index (χ0) is 33.5. The summed E-state index contributed by atoms with van der Waals surface area (Å²) in [5, 5.41) is 11.1. The lowest BCUT2D eigenvalue weighted by atomic mass is 9.61. The van der Waals surface area contributed by atoms with Crippen molar-refractivity contribution in [3.05, 3.63) is 0 Å². The van der Waals surface area contributed by atoms with Crippen molar-refractivity contribution < 1.29 is 61.4 Å². The molecule has 1 spiro atoms. The highest BCUT2D eigenvalue weighted by molar-refractivity contribution is 6.76. The fraction of sp³-hybridized carbons (Fsp3) is 0.935. The molecule has 5 aliphatic rings. The maximum atomic E-state index is 15.1. The van der Waals surface area contributed by atoms with Crippen LogP contribution in [0, 0.1) is 22.2 Å². The molecule has 0 aromatic rings. The number of hydrogen-bond donors (Lipinski definition) is 1. The Morgan fingerprint density at radius 2 is 1.53 bits per heavy atom. The van der Waals surface area contributed by atoms with Crippen LogP contribution in [0.15, 0.2) is 0 Å². The standard InChI is InChI=1S/C31H50F2O11Si/c1-27(2,3)14-29(7,28(4,5)6)26(36)37-13-16(34)39-18-17-19(40-24-20(18)42-24)21-25(41-17)44-31(43-21)12-11-30(32,33)22(31)23(35)38-15-45(8,9)10/h17-22,24-26,36H,11-15H2,1-10H3. The molecule has 0 amide bonds. The lowest BCUT2D eigenvalue weighted by Crippen LogP contribution is -2.53. The van der Waals surface area contributed by atoms with Gasteiger partial charge in [-0.1, -0.05) is 68.1 Å². The second-order valence-corrected chi connectivity index (χ2v) is 22.3. The van der Waals surface area contributed by atoms with E-state index in [0.29, 0.717) is 6.42 Å². The SMILES string of the molecule is CC(C)(C)CC(C)(C(O)OCC(=O)OC1C2OC2OC2C3OC4(CCC(F)(F)C4C(=O)OC[Si](C)(C)C)OC3OC12)C(C)(C)C. The fourth-order valence-corrected chi connectivity index (χ4v) is 7.52. The molecule has 11 atom stereocenters. The van der Waals surface area contributed by atoms with Crippen LogP contribution in [0.25, 0.3) is 0 Å². The smallest absolute Gasteiger partial charge is 0.332 e. The molecule has 0 aromatic carbocycles. The Morgan fingerprint density at radius 3 is 2.13 bits per heavy atom. The number of esters is 2. The van der Waals surface area contributed by atoms with Crippen LogP contribution in [0.1, 0.15) is 67.7 Å². The summed E-state index contributed by atoms with van der Waals surface area (Å²) in [6.45, 7) is 19.6. The van der Waals surface area contributed by atoms with Crippen LogP contribution in [0.5, 0.6) is 0 Å². The first-order valence-corrected chi connectivity index (χ1v) is 19.5. The van der Waals surface area contributed by atoms with Gasteiger partial charge in [0.2, 0.25) is 0 Å². The molecule has 0 radical (unpaired) electrons. The number of carbonyl (C=O) groups is 2. The predicted octanol–water partition coefficient (Wildman–Crippen LogP) is 4.15. The maximum Gasteiger partial charge on any atom is 0.332 e. The highest BCUT2D eigenvalue weighted by Crippen LogP contribution is 2.57. The third-order valence-corrected chi connectivity index (χ3v) is 10.6. The number of aliphatic hydroxyl groups is 1. The van der Waals surface area contributed by atoms with Gasteiger partial charge in [0, 0.05) is 18.3 Å². The van der Waals surface area contributed by atoms with Gasteiger partial charge in [0.15, 0.2) is 42.8 Å². The Hall–Kier alpha value is -1.26. The van der Waals surface area contributed by atoms with E-state index in [0.717, 1.165) is 0 Å². The van der Waals surface area contributed by atoms with Gasteiger partial charge in [-0.2, -0.15) is 0 Å². The van der Waals surface area contributed by atoms with E-state index in [2.05, 4.69) is 20.8 Å². The molecule has 258 valence electrons. The topological polar surface area (TPSA) is 132 Å². The van der Waals surface area contributed by atoms with E-state index in [-0.39, 0.29) is 23.5 Å². The van der Waals surface area contributed by atoms with Crippen LogP contribution < -0.4 is 0 Å². The van der Waals surface area contributed by atoms with Crippen molar-refractivity contribution in [2.24, 2.45) is 22.2 Å². The van der Waals surface area contributed by atoms with Gasteiger partial charge < -0.3 is 43.0 Å². The van der Waals surface area contributed by atoms with Crippen LogP contribution in [0.2, 0.25) is 19.6 Å². The van der Waals surface area contributed by atoms with Crippen molar-refractivity contribution in [2.75, 3.05) is 12.8 Å². The second-order valence-electron chi connectivity index (χ2n) is 16.9. The van der Waals surface area contributed by atoms with Crippen LogP contribution in [-0.2, 0) is 47.5 Å². The molecule has 4 saturated heterocycles. The van der Waals surface area contributed by atoms with Gasteiger partial charge in [0.1, 0.15) is 24.9 Å². The van der Waals surface area contributed by atoms with Crippen LogP contribution >= 0.6 is 0 Å². The van der Waals surface area contributed by atoms with Gasteiger partial charge in [-0.25, -0.2) is 13.6 Å². The van der Waals surface area contributed by atoms with Gasteiger partial charge in [-0.3, -0.25) is 4.79 Å². The molecular formula is C31H50F2O11Si. The molecule has 5 fully saturated rings. The Balaban J connectivity index is 1.23. The molecule has 0 bridgehead atoms. The monoisotopic (exact) mass is 664 g/mol. The van der Waals surface area contributed by atoms with Gasteiger partial charge >= 0.3 is 11.9 Å². The van der Waals surface area contributed by atoms with E-state index in [1.54, 1.807) is 0 Å². The lowest BCUT2D eigenvalue weighted by molar-refractivity contribution is -0.278. The number of rotatable bonds is 9. The van der Waals surface area contributed by atoms with Crippen molar-refractivity contribution in [3.8, 4) is 0 Å². The third-order valence-electron chi connectivity index (χ3n) is 9.61. The summed E-state index contributed by atoms with van der Waals surface area (Å²) in [5.74, 6) is -9.10. The van der Waals surface area contributed by atoms with Gasteiger partial charge in [-0.05, 0) is 17.3 Å². The number of aliphatic hydroxyl groups excluding tert-OH is 1. The largest absolute Gasteiger partial charge is 0.469 e. The Kier molecular flexibility index (Phi) is 8.90. The Bertz CT molecular complexity index is 1150. The average molecular weight is 665 g/mol. The first-order valence-electron chi connectivity index (χ1n) is 15.8. The summed E-state index contributed by atoms with van der Waals surface area (Å²) in [7, 11) is -1.87. The number of ether oxygens (including phenoxy) is 8. The summed E-state index contributed by atoms with van der Waals surface area (Å²) in [6, 6.07) is 0. The van der Waals surface area contributed by atoms with Crippen molar-refractivity contribution in [1.82, 2.24) is 0 Å². The lowest BCUT2D eigenvalue weighted by Gasteiger charge is -2.48. The normalized spacial score (nSPS) is 39.0. The molecule has 0 aromatic heterocycles. The predicted molar refractivity (Wildman–Crippen MR) is 156 cm³/mol. The first-order chi connectivity index (χ1) is 20.5. The molecule has 11 nitrogen and oxygen atoms in total. The van der Waals surface area contributed by atoms with E-state index in [9.17, 15) is 14.7 Å². The van der Waals surface area contributed by atoms with Gasteiger partial charge in [-0.15, -0.1) is 0 Å². The highest BCUT2D eigenvalue weighted by atomic mass is 28.3. The second kappa shape index (κ2) is 11.4. The van der Waals surface area contributed by atoms with E-state index < -0.39 is 105 Å². The summed E-state index contributed by atoms with van der Waals surface area (Å²) in [5.41, 5.74) is -1.12. The van der Waals surface area contributed by atoms with Crippen molar-refractivity contribution in [1.29, 1.82) is 0 Å². The van der Waals surface area contributed by atoms with Gasteiger partial charge in [0.25, 0.3) is 5.92 Å². The highest BCUT2D eigenvalue weighted by Gasteiger charge is 2.74. The van der Waals surface area contributed by atoms with Crippen molar-refractivity contribution >= 4 is 20.0 Å². The molecule has 45 heavy (non-hydrogen) atoms. The minimum atomic E-state index is -3.40. The Labute approximate surface area is 264 Å². The number of halogens is 2. The first kappa shape index (κ1) is 35.1. The maximum absolute atomic E-state index is 15.1. The van der Waals surface area contributed by atoms with Crippen LogP contribution in [-0.4, -0.2) is 99.1 Å². The summed E-state index contributed by atoms with van der Waals surface area (Å²) < 4.78 is 76.6. The molecular weight excluding hydrogens is 614 g/mol. The van der Waals surface area contributed by atoms with Gasteiger partial charge in [0.05, 0.1) is 14.3 Å². The van der Waals surface area contributed by atoms with Crippen molar-refractivity contribution in [3.63, 3.8) is 0 Å². The van der Waals surface area contributed by atoms with Crippen molar-refractivity contribution in [2.45, 2.75) is 148 Å². The summed E-state index contributed by atoms with van der Waals surface area (Å²) in [6.07, 6.45) is -7.44. The molecule has 4 heterocycles. The fourth-order valence-electron chi connectivity index (χ4n) is 6.94. The van der Waals surface area contributed by atoms with E-state index >= 15 is 8.78 Å². The number of fused-ring (bicyclic) bond motifs is 4. The minimum Gasteiger partial charge on any atom is -0.469 e. The molecule has 4 aliphatic heterocycles.